The molecule has 0 radical (unpaired) electrons. The van der Waals surface area contributed by atoms with E-state index in [9.17, 15) is 0 Å². The van der Waals surface area contributed by atoms with E-state index in [2.05, 4.69) is 22.1 Å². The fourth-order valence-corrected chi connectivity index (χ4v) is 4.21. The van der Waals surface area contributed by atoms with Crippen LogP contribution in [0.2, 0.25) is 0 Å². The van der Waals surface area contributed by atoms with Crippen LogP contribution in [-0.4, -0.2) is 32.6 Å². The maximum atomic E-state index is 8.86. The monoisotopic (exact) mass is 432 g/mol. The van der Waals surface area contributed by atoms with E-state index in [0.717, 1.165) is 39.5 Å². The molecule has 0 atom stereocenters. The first kappa shape index (κ1) is 20.7. The Kier molecular flexibility index (Phi) is 5.81. The van der Waals surface area contributed by atoms with Crippen molar-refractivity contribution in [3.05, 3.63) is 77.6 Å². The number of aromatic nitrogens is 4. The zero-order valence-electron chi connectivity index (χ0n) is 17.7. The third-order valence-corrected chi connectivity index (χ3v) is 5.86. The molecule has 0 aliphatic rings. The van der Waals surface area contributed by atoms with Gasteiger partial charge in [0, 0.05) is 22.8 Å². The fraction of sp³-hybridized carbons (Fsp3) is 0.174. The van der Waals surface area contributed by atoms with E-state index in [1.54, 1.807) is 7.11 Å². The van der Waals surface area contributed by atoms with Gasteiger partial charge in [-0.2, -0.15) is 5.10 Å². The molecule has 7 nitrogen and oxygen atoms in total. The normalized spacial score (nSPS) is 10.9. The summed E-state index contributed by atoms with van der Waals surface area (Å²) in [5.74, 6) is 1.31. The standard InChI is InChI=1S/C23H24N6OS/c1-14-8-7-9-17(12-14)29-21(24)20-16(3)27-28-22(20)26-23(29)31-13-15(2)25-18-10-5-6-11-19(18)30-4/h5-12,24-25H,2,13H2,1,3-4H3,(H,27,28). The van der Waals surface area contributed by atoms with Crippen molar-refractivity contribution < 1.29 is 4.74 Å². The summed E-state index contributed by atoms with van der Waals surface area (Å²) in [5.41, 5.74) is 5.39. The number of anilines is 1. The molecule has 0 spiro atoms. The first-order chi connectivity index (χ1) is 15.0. The maximum absolute atomic E-state index is 8.86. The maximum Gasteiger partial charge on any atom is 0.187 e. The van der Waals surface area contributed by atoms with Crippen molar-refractivity contribution >= 4 is 28.5 Å². The Morgan fingerprint density at radius 1 is 1.23 bits per heavy atom. The predicted molar refractivity (Wildman–Crippen MR) is 125 cm³/mol. The number of aryl methyl sites for hydroxylation is 2. The van der Waals surface area contributed by atoms with E-state index in [4.69, 9.17) is 15.1 Å². The lowest BCUT2D eigenvalue weighted by Crippen LogP contribution is -2.22. The minimum absolute atomic E-state index is 0.354. The topological polar surface area (TPSA) is 91.6 Å². The van der Waals surface area contributed by atoms with Crippen LogP contribution in [0.5, 0.6) is 5.75 Å². The third-order valence-electron chi connectivity index (χ3n) is 4.84. The Hall–Kier alpha value is -3.52. The number of benzene rings is 2. The van der Waals surface area contributed by atoms with E-state index in [1.807, 2.05) is 66.9 Å². The van der Waals surface area contributed by atoms with Crippen molar-refractivity contribution in [2.45, 2.75) is 19.0 Å². The Labute approximate surface area is 184 Å². The number of nitrogens with zero attached hydrogens (tertiary/aromatic N) is 3. The molecule has 0 bridgehead atoms. The molecule has 31 heavy (non-hydrogen) atoms. The molecule has 2 heterocycles. The second-order valence-electron chi connectivity index (χ2n) is 7.18. The molecule has 3 N–H and O–H groups in total. The summed E-state index contributed by atoms with van der Waals surface area (Å²) in [6, 6.07) is 15.8. The van der Waals surface area contributed by atoms with Crippen LogP contribution >= 0.6 is 11.8 Å². The van der Waals surface area contributed by atoms with Gasteiger partial charge >= 0.3 is 0 Å². The van der Waals surface area contributed by atoms with Gasteiger partial charge in [0.15, 0.2) is 10.8 Å². The number of hydrogen-bond donors (Lipinski definition) is 3. The molecule has 0 aliphatic carbocycles. The number of aromatic amines is 1. The van der Waals surface area contributed by atoms with Gasteiger partial charge in [0.25, 0.3) is 0 Å². The van der Waals surface area contributed by atoms with Crippen molar-refractivity contribution in [3.8, 4) is 11.4 Å². The largest absolute Gasteiger partial charge is 0.495 e. The molecule has 8 heteroatoms. The van der Waals surface area contributed by atoms with Crippen molar-refractivity contribution in [3.63, 3.8) is 0 Å². The van der Waals surface area contributed by atoms with Crippen molar-refractivity contribution in [2.75, 3.05) is 18.2 Å². The van der Waals surface area contributed by atoms with Crippen molar-refractivity contribution in [2.24, 2.45) is 0 Å². The molecule has 0 fully saturated rings. The zero-order valence-corrected chi connectivity index (χ0v) is 18.5. The van der Waals surface area contributed by atoms with E-state index in [1.165, 1.54) is 11.8 Å². The number of hydrogen-bond acceptors (Lipinski definition) is 6. The summed E-state index contributed by atoms with van der Waals surface area (Å²) in [4.78, 5) is 4.75. The van der Waals surface area contributed by atoms with Gasteiger partial charge in [-0.1, -0.05) is 42.6 Å². The quantitative estimate of drug-likeness (QED) is 0.294. The average Bonchev–Trinajstić information content (AvgIpc) is 3.13. The van der Waals surface area contributed by atoms with Gasteiger partial charge in [-0.05, 0) is 43.7 Å². The summed E-state index contributed by atoms with van der Waals surface area (Å²) in [5, 5.41) is 20.8. The molecule has 0 saturated carbocycles. The second kappa shape index (κ2) is 8.69. The molecule has 4 rings (SSSR count). The summed E-state index contributed by atoms with van der Waals surface area (Å²) < 4.78 is 7.26. The van der Waals surface area contributed by atoms with E-state index in [0.29, 0.717) is 22.0 Å². The molecule has 0 saturated heterocycles. The molecule has 158 valence electrons. The number of H-pyrrole nitrogens is 1. The Morgan fingerprint density at radius 3 is 2.81 bits per heavy atom. The van der Waals surface area contributed by atoms with Crippen LogP contribution in [0.3, 0.4) is 0 Å². The second-order valence-corrected chi connectivity index (χ2v) is 8.12. The van der Waals surface area contributed by atoms with E-state index < -0.39 is 0 Å². The molecule has 2 aromatic heterocycles. The number of thioether (sulfide) groups is 1. The number of rotatable bonds is 7. The van der Waals surface area contributed by atoms with Gasteiger partial charge in [-0.3, -0.25) is 15.1 Å². The van der Waals surface area contributed by atoms with Crippen LogP contribution in [0.15, 0.2) is 66.0 Å². The van der Waals surface area contributed by atoms with Gasteiger partial charge in [0.1, 0.15) is 11.2 Å². The number of fused-ring (bicyclic) bond motifs is 1. The highest BCUT2D eigenvalue weighted by atomic mass is 32.2. The van der Waals surface area contributed by atoms with Crippen molar-refractivity contribution in [1.82, 2.24) is 19.7 Å². The Balaban J connectivity index is 1.67. The number of ether oxygens (including phenoxy) is 1. The van der Waals surface area contributed by atoms with Crippen LogP contribution in [0.25, 0.3) is 16.7 Å². The van der Waals surface area contributed by atoms with Gasteiger partial charge < -0.3 is 10.1 Å². The summed E-state index contributed by atoms with van der Waals surface area (Å²) in [7, 11) is 1.64. The van der Waals surface area contributed by atoms with Gasteiger partial charge in [0.2, 0.25) is 0 Å². The molecule has 0 unspecified atom stereocenters. The SMILES string of the molecule is C=C(CSc1nc2n[nH]c(C)c2c(=N)n1-c1cccc(C)c1)Nc1ccccc1OC. The fourth-order valence-electron chi connectivity index (χ4n) is 3.36. The first-order valence-corrected chi connectivity index (χ1v) is 10.8. The van der Waals surface area contributed by atoms with E-state index in [-0.39, 0.29) is 0 Å². The van der Waals surface area contributed by atoms with Crippen LogP contribution in [0.1, 0.15) is 11.3 Å². The Morgan fingerprint density at radius 2 is 2.03 bits per heavy atom. The molecule has 0 amide bonds. The van der Waals surface area contributed by atoms with Crippen LogP contribution in [0, 0.1) is 19.3 Å². The molecular weight excluding hydrogens is 408 g/mol. The first-order valence-electron chi connectivity index (χ1n) is 9.78. The zero-order chi connectivity index (χ0) is 22.0. The third kappa shape index (κ3) is 4.20. The van der Waals surface area contributed by atoms with Crippen molar-refractivity contribution in [1.29, 1.82) is 5.41 Å². The Bertz CT molecular complexity index is 1320. The lowest BCUT2D eigenvalue weighted by molar-refractivity contribution is 0.416. The minimum Gasteiger partial charge on any atom is -0.495 e. The molecule has 2 aromatic carbocycles. The molecular formula is C23H24N6OS. The highest BCUT2D eigenvalue weighted by molar-refractivity contribution is 7.99. The number of para-hydroxylation sites is 2. The predicted octanol–water partition coefficient (Wildman–Crippen LogP) is 4.57. The van der Waals surface area contributed by atoms with Gasteiger partial charge in [0.05, 0.1) is 18.2 Å². The number of methoxy groups -OCH3 is 1. The molecule has 4 aromatic rings. The molecule has 0 aliphatic heterocycles. The lowest BCUT2D eigenvalue weighted by atomic mass is 10.2. The van der Waals surface area contributed by atoms with Gasteiger partial charge in [-0.25, -0.2) is 4.98 Å². The highest BCUT2D eigenvalue weighted by Crippen LogP contribution is 2.27. The average molecular weight is 433 g/mol. The summed E-state index contributed by atoms with van der Waals surface area (Å²) in [6.07, 6.45) is 0. The lowest BCUT2D eigenvalue weighted by Gasteiger charge is -2.16. The van der Waals surface area contributed by atoms with Crippen LogP contribution in [-0.2, 0) is 0 Å². The smallest absolute Gasteiger partial charge is 0.187 e. The number of nitrogens with one attached hydrogen (secondary N) is 3. The van der Waals surface area contributed by atoms with E-state index >= 15 is 0 Å². The van der Waals surface area contributed by atoms with Crippen LogP contribution < -0.4 is 15.5 Å². The minimum atomic E-state index is 0.354. The van der Waals surface area contributed by atoms with Crippen LogP contribution in [0.4, 0.5) is 5.69 Å². The van der Waals surface area contributed by atoms with Gasteiger partial charge in [-0.15, -0.1) is 0 Å². The summed E-state index contributed by atoms with van der Waals surface area (Å²) in [6.45, 7) is 8.09. The highest BCUT2D eigenvalue weighted by Gasteiger charge is 2.15. The summed E-state index contributed by atoms with van der Waals surface area (Å²) >= 11 is 1.50.